The summed E-state index contributed by atoms with van der Waals surface area (Å²) in [5, 5.41) is 11.1. The van der Waals surface area contributed by atoms with Gasteiger partial charge in [0, 0.05) is 11.3 Å². The van der Waals surface area contributed by atoms with Gasteiger partial charge in [-0.25, -0.2) is 0 Å². The number of hydrogen-bond donors (Lipinski definition) is 0. The highest BCUT2D eigenvalue weighted by Gasteiger charge is 2.27. The van der Waals surface area contributed by atoms with Gasteiger partial charge in [-0.05, 0) is 32.5 Å². The highest BCUT2D eigenvalue weighted by molar-refractivity contribution is 7.09. The smallest absolute Gasteiger partial charge is 0.110 e. The molecule has 3 heteroatoms. The van der Waals surface area contributed by atoms with Crippen molar-refractivity contribution in [3.05, 3.63) is 22.4 Å². The molecule has 0 N–H and O–H groups in total. The van der Waals surface area contributed by atoms with E-state index in [9.17, 15) is 0 Å². The summed E-state index contributed by atoms with van der Waals surface area (Å²) in [5.74, 6) is 0. The van der Waals surface area contributed by atoms with Crippen molar-refractivity contribution in [1.82, 2.24) is 4.90 Å². The van der Waals surface area contributed by atoms with Gasteiger partial charge in [0.25, 0.3) is 0 Å². The first-order valence-corrected chi connectivity index (χ1v) is 5.07. The molecule has 0 aliphatic carbocycles. The normalized spacial score (nSPS) is 15.3. The van der Waals surface area contributed by atoms with Gasteiger partial charge in [0.05, 0.1) is 6.07 Å². The number of rotatable bonds is 3. The van der Waals surface area contributed by atoms with E-state index >= 15 is 0 Å². The molecule has 1 rings (SSSR count). The average molecular weight is 194 g/mol. The van der Waals surface area contributed by atoms with E-state index in [4.69, 9.17) is 5.26 Å². The van der Waals surface area contributed by atoms with E-state index in [2.05, 4.69) is 12.1 Å². The topological polar surface area (TPSA) is 27.0 Å². The molecule has 0 bridgehead atoms. The van der Waals surface area contributed by atoms with Gasteiger partial charge in [0.2, 0.25) is 0 Å². The third kappa shape index (κ3) is 2.30. The Kier molecular flexibility index (Phi) is 3.07. The van der Waals surface area contributed by atoms with Crippen molar-refractivity contribution >= 4 is 11.3 Å². The van der Waals surface area contributed by atoms with Gasteiger partial charge in [-0.2, -0.15) is 5.26 Å². The highest BCUT2D eigenvalue weighted by atomic mass is 32.1. The van der Waals surface area contributed by atoms with Gasteiger partial charge in [-0.3, -0.25) is 4.90 Å². The zero-order valence-corrected chi connectivity index (χ0v) is 9.06. The maximum atomic E-state index is 9.07. The maximum Gasteiger partial charge on any atom is 0.110 e. The Morgan fingerprint density at radius 1 is 1.62 bits per heavy atom. The third-order valence-corrected chi connectivity index (χ3v) is 3.20. The van der Waals surface area contributed by atoms with Gasteiger partial charge < -0.3 is 0 Å². The lowest BCUT2D eigenvalue weighted by molar-refractivity contribution is 0.238. The molecule has 0 aliphatic rings. The maximum absolute atomic E-state index is 9.07. The number of hydrogen-bond acceptors (Lipinski definition) is 3. The predicted molar refractivity (Wildman–Crippen MR) is 55.7 cm³/mol. The van der Waals surface area contributed by atoms with E-state index < -0.39 is 0 Å². The molecule has 1 atom stereocenters. The minimum Gasteiger partial charge on any atom is -0.292 e. The molecule has 1 heterocycles. The zero-order chi connectivity index (χ0) is 9.90. The monoisotopic (exact) mass is 194 g/mol. The van der Waals surface area contributed by atoms with Crippen LogP contribution in [0.2, 0.25) is 0 Å². The van der Waals surface area contributed by atoms with Crippen LogP contribution in [0, 0.1) is 11.3 Å². The van der Waals surface area contributed by atoms with Crippen molar-refractivity contribution in [2.24, 2.45) is 0 Å². The number of thiophene rings is 1. The van der Waals surface area contributed by atoms with Crippen LogP contribution in [0.1, 0.15) is 11.8 Å². The van der Waals surface area contributed by atoms with Crippen molar-refractivity contribution < 1.29 is 0 Å². The summed E-state index contributed by atoms with van der Waals surface area (Å²) < 4.78 is 0. The van der Waals surface area contributed by atoms with Crippen molar-refractivity contribution in [3.8, 4) is 6.07 Å². The minimum absolute atomic E-state index is 0.384. The Morgan fingerprint density at radius 3 is 2.69 bits per heavy atom. The SMILES string of the molecule is CN(C)C(C)(C#N)Cc1cccs1. The first-order chi connectivity index (χ1) is 6.08. The van der Waals surface area contributed by atoms with Crippen molar-refractivity contribution in [2.75, 3.05) is 14.1 Å². The fourth-order valence-corrected chi connectivity index (χ4v) is 1.90. The van der Waals surface area contributed by atoms with E-state index in [1.54, 1.807) is 11.3 Å². The molecule has 0 amide bonds. The van der Waals surface area contributed by atoms with Crippen molar-refractivity contribution in [2.45, 2.75) is 18.9 Å². The molecule has 0 aliphatic heterocycles. The van der Waals surface area contributed by atoms with Gasteiger partial charge in [0.15, 0.2) is 0 Å². The largest absolute Gasteiger partial charge is 0.292 e. The van der Waals surface area contributed by atoms with E-state index in [1.807, 2.05) is 37.4 Å². The first-order valence-electron chi connectivity index (χ1n) is 4.19. The van der Waals surface area contributed by atoms with Crippen LogP contribution in [0.15, 0.2) is 17.5 Å². The summed E-state index contributed by atoms with van der Waals surface area (Å²) in [7, 11) is 3.88. The lowest BCUT2D eigenvalue weighted by atomic mass is 9.98. The number of nitriles is 1. The first kappa shape index (κ1) is 10.2. The van der Waals surface area contributed by atoms with E-state index in [0.717, 1.165) is 6.42 Å². The van der Waals surface area contributed by atoms with E-state index in [1.165, 1.54) is 4.88 Å². The second-order valence-corrected chi connectivity index (χ2v) is 4.57. The molecule has 0 fully saturated rings. The second kappa shape index (κ2) is 3.91. The molecule has 1 aromatic heterocycles. The van der Waals surface area contributed by atoms with Gasteiger partial charge >= 0.3 is 0 Å². The summed E-state index contributed by atoms with van der Waals surface area (Å²) >= 11 is 1.70. The minimum atomic E-state index is -0.384. The predicted octanol–water partition coefficient (Wildman–Crippen LogP) is 2.13. The number of likely N-dealkylation sites (N-methyl/N-ethyl adjacent to an activating group) is 1. The Bertz CT molecular complexity index is 297. The third-order valence-electron chi connectivity index (χ3n) is 2.33. The van der Waals surface area contributed by atoms with Gasteiger partial charge in [-0.1, -0.05) is 6.07 Å². The fraction of sp³-hybridized carbons (Fsp3) is 0.500. The summed E-state index contributed by atoms with van der Waals surface area (Å²) in [5.41, 5.74) is -0.384. The van der Waals surface area contributed by atoms with E-state index in [-0.39, 0.29) is 5.54 Å². The molecular formula is C10H14N2S. The van der Waals surface area contributed by atoms with Crippen LogP contribution in [0.5, 0.6) is 0 Å². The Hall–Kier alpha value is -0.850. The lowest BCUT2D eigenvalue weighted by Gasteiger charge is -2.28. The fourth-order valence-electron chi connectivity index (χ4n) is 1.05. The molecule has 0 saturated carbocycles. The molecule has 0 aromatic carbocycles. The molecule has 0 saturated heterocycles. The summed E-state index contributed by atoms with van der Waals surface area (Å²) in [4.78, 5) is 3.23. The Labute approximate surface area is 83.4 Å². The van der Waals surface area contributed by atoms with E-state index in [0.29, 0.717) is 0 Å². The molecule has 1 aromatic rings. The van der Waals surface area contributed by atoms with Crippen LogP contribution >= 0.6 is 11.3 Å². The summed E-state index contributed by atoms with van der Waals surface area (Å²) in [6.07, 6.45) is 0.800. The second-order valence-electron chi connectivity index (χ2n) is 3.54. The van der Waals surface area contributed by atoms with Crippen molar-refractivity contribution in [3.63, 3.8) is 0 Å². The number of nitrogens with zero attached hydrogens (tertiary/aromatic N) is 2. The van der Waals surface area contributed by atoms with Crippen LogP contribution in [0.25, 0.3) is 0 Å². The standard InChI is InChI=1S/C10H14N2S/c1-10(8-11,12(2)3)7-9-5-4-6-13-9/h4-6H,7H2,1-3H3. The Balaban J connectivity index is 2.77. The van der Waals surface area contributed by atoms with Crippen LogP contribution in [0.4, 0.5) is 0 Å². The molecule has 0 spiro atoms. The van der Waals surface area contributed by atoms with Crippen LogP contribution in [-0.2, 0) is 6.42 Å². The van der Waals surface area contributed by atoms with Gasteiger partial charge in [-0.15, -0.1) is 11.3 Å². The molecule has 13 heavy (non-hydrogen) atoms. The molecular weight excluding hydrogens is 180 g/mol. The molecule has 2 nitrogen and oxygen atoms in total. The Morgan fingerprint density at radius 2 is 2.31 bits per heavy atom. The molecule has 1 unspecified atom stereocenters. The quantitative estimate of drug-likeness (QED) is 0.737. The summed E-state index contributed by atoms with van der Waals surface area (Å²) in [6, 6.07) is 6.44. The lowest BCUT2D eigenvalue weighted by Crippen LogP contribution is -2.41. The highest BCUT2D eigenvalue weighted by Crippen LogP contribution is 2.20. The average Bonchev–Trinajstić information content (AvgIpc) is 2.56. The van der Waals surface area contributed by atoms with Crippen LogP contribution in [0.3, 0.4) is 0 Å². The van der Waals surface area contributed by atoms with Crippen LogP contribution < -0.4 is 0 Å². The zero-order valence-electron chi connectivity index (χ0n) is 8.24. The summed E-state index contributed by atoms with van der Waals surface area (Å²) in [6.45, 7) is 1.96. The van der Waals surface area contributed by atoms with Gasteiger partial charge in [0.1, 0.15) is 5.54 Å². The molecule has 70 valence electrons. The van der Waals surface area contributed by atoms with Crippen LogP contribution in [-0.4, -0.2) is 24.5 Å². The molecule has 0 radical (unpaired) electrons. The van der Waals surface area contributed by atoms with Crippen molar-refractivity contribution in [1.29, 1.82) is 5.26 Å².